The lowest BCUT2D eigenvalue weighted by atomic mass is 10.1. The second-order valence-electron chi connectivity index (χ2n) is 4.91. The van der Waals surface area contributed by atoms with Crippen molar-refractivity contribution in [3.05, 3.63) is 65.9 Å². The largest absolute Gasteiger partial charge is 0.398 e. The Morgan fingerprint density at radius 3 is 2.76 bits per heavy atom. The molecule has 0 atom stereocenters. The van der Waals surface area contributed by atoms with Crippen molar-refractivity contribution in [1.82, 2.24) is 4.98 Å². The highest BCUT2D eigenvalue weighted by Crippen LogP contribution is 2.20. The number of para-hydroxylation sites is 1. The van der Waals surface area contributed by atoms with Crippen molar-refractivity contribution in [3.63, 3.8) is 0 Å². The second kappa shape index (κ2) is 5.25. The van der Waals surface area contributed by atoms with E-state index in [9.17, 15) is 4.79 Å². The van der Waals surface area contributed by atoms with Crippen molar-refractivity contribution in [2.24, 2.45) is 0 Å². The van der Waals surface area contributed by atoms with Crippen LogP contribution in [0, 0.1) is 6.92 Å². The molecule has 0 spiro atoms. The topological polar surface area (TPSA) is 68.0 Å². The number of anilines is 2. The van der Waals surface area contributed by atoms with E-state index in [0.29, 0.717) is 22.5 Å². The quantitative estimate of drug-likeness (QED) is 0.706. The molecule has 0 aliphatic heterocycles. The molecule has 2 aromatic carbocycles. The van der Waals surface area contributed by atoms with Gasteiger partial charge in [-0.2, -0.15) is 0 Å². The number of pyridine rings is 1. The number of nitrogens with two attached hydrogens (primary N) is 1. The van der Waals surface area contributed by atoms with Gasteiger partial charge < -0.3 is 11.1 Å². The Hall–Kier alpha value is -2.88. The molecule has 0 unspecified atom stereocenters. The average molecular weight is 277 g/mol. The molecule has 3 rings (SSSR count). The fourth-order valence-electron chi connectivity index (χ4n) is 2.20. The van der Waals surface area contributed by atoms with Gasteiger partial charge >= 0.3 is 0 Å². The molecular weight excluding hydrogens is 262 g/mol. The number of fused-ring (bicyclic) bond motifs is 1. The monoisotopic (exact) mass is 277 g/mol. The van der Waals surface area contributed by atoms with Crippen molar-refractivity contribution >= 4 is 28.2 Å². The fraction of sp³-hybridized carbons (Fsp3) is 0.0588. The van der Waals surface area contributed by atoms with Crippen LogP contribution in [-0.2, 0) is 0 Å². The Labute approximate surface area is 122 Å². The molecule has 0 radical (unpaired) electrons. The number of nitrogens with zero attached hydrogens (tertiary/aromatic N) is 1. The van der Waals surface area contributed by atoms with Crippen LogP contribution in [0.4, 0.5) is 11.4 Å². The maximum absolute atomic E-state index is 12.4. The third-order valence-electron chi connectivity index (χ3n) is 3.41. The van der Waals surface area contributed by atoms with Crippen LogP contribution in [-0.4, -0.2) is 10.9 Å². The van der Waals surface area contributed by atoms with Crippen LogP contribution < -0.4 is 11.1 Å². The highest BCUT2D eigenvalue weighted by molar-refractivity contribution is 6.11. The predicted octanol–water partition coefficient (Wildman–Crippen LogP) is 3.38. The standard InChI is InChI=1S/C17H15N3O/c1-11-7-8-13(10-15(11)18)20-17(21)14-6-2-4-12-5-3-9-19-16(12)14/h2-10H,18H2,1H3,(H,20,21). The van der Waals surface area contributed by atoms with Crippen molar-refractivity contribution in [1.29, 1.82) is 0 Å². The van der Waals surface area contributed by atoms with Crippen LogP contribution in [0.25, 0.3) is 10.9 Å². The minimum Gasteiger partial charge on any atom is -0.398 e. The summed E-state index contributed by atoms with van der Waals surface area (Å²) in [6.45, 7) is 1.93. The first-order chi connectivity index (χ1) is 10.1. The summed E-state index contributed by atoms with van der Waals surface area (Å²) in [6, 6.07) is 14.8. The van der Waals surface area contributed by atoms with Crippen molar-refractivity contribution in [2.45, 2.75) is 6.92 Å². The Morgan fingerprint density at radius 1 is 1.14 bits per heavy atom. The van der Waals surface area contributed by atoms with Gasteiger partial charge in [-0.3, -0.25) is 9.78 Å². The SMILES string of the molecule is Cc1ccc(NC(=O)c2cccc3cccnc23)cc1N. The van der Waals surface area contributed by atoms with E-state index < -0.39 is 0 Å². The second-order valence-corrected chi connectivity index (χ2v) is 4.91. The summed E-state index contributed by atoms with van der Waals surface area (Å²) >= 11 is 0. The molecule has 0 saturated carbocycles. The van der Waals surface area contributed by atoms with Gasteiger partial charge in [0.25, 0.3) is 5.91 Å². The van der Waals surface area contributed by atoms with Crippen LogP contribution in [0.15, 0.2) is 54.7 Å². The van der Waals surface area contributed by atoms with Crippen molar-refractivity contribution in [3.8, 4) is 0 Å². The number of amides is 1. The van der Waals surface area contributed by atoms with Gasteiger partial charge in [-0.15, -0.1) is 0 Å². The number of benzene rings is 2. The number of rotatable bonds is 2. The Bertz CT molecular complexity index is 822. The third-order valence-corrected chi connectivity index (χ3v) is 3.41. The molecule has 104 valence electrons. The van der Waals surface area contributed by atoms with E-state index in [0.717, 1.165) is 10.9 Å². The molecule has 0 aliphatic carbocycles. The van der Waals surface area contributed by atoms with Gasteiger partial charge in [0.2, 0.25) is 0 Å². The minimum atomic E-state index is -0.192. The van der Waals surface area contributed by atoms with Gasteiger partial charge in [0.15, 0.2) is 0 Å². The highest BCUT2D eigenvalue weighted by atomic mass is 16.1. The zero-order valence-electron chi connectivity index (χ0n) is 11.6. The van der Waals surface area contributed by atoms with E-state index in [1.54, 1.807) is 18.3 Å². The van der Waals surface area contributed by atoms with E-state index in [4.69, 9.17) is 5.73 Å². The summed E-state index contributed by atoms with van der Waals surface area (Å²) in [5, 5.41) is 3.80. The summed E-state index contributed by atoms with van der Waals surface area (Å²) in [5.41, 5.74) is 9.42. The zero-order chi connectivity index (χ0) is 14.8. The van der Waals surface area contributed by atoms with Gasteiger partial charge in [0, 0.05) is 23.0 Å². The Morgan fingerprint density at radius 2 is 1.95 bits per heavy atom. The summed E-state index contributed by atoms with van der Waals surface area (Å²) in [6.07, 6.45) is 1.68. The maximum Gasteiger partial charge on any atom is 0.257 e. The zero-order valence-corrected chi connectivity index (χ0v) is 11.6. The van der Waals surface area contributed by atoms with E-state index in [-0.39, 0.29) is 5.91 Å². The average Bonchev–Trinajstić information content (AvgIpc) is 2.50. The minimum absolute atomic E-state index is 0.192. The highest BCUT2D eigenvalue weighted by Gasteiger charge is 2.11. The number of carbonyl (C=O) groups is 1. The summed E-state index contributed by atoms with van der Waals surface area (Å²) < 4.78 is 0. The summed E-state index contributed by atoms with van der Waals surface area (Å²) in [7, 11) is 0. The molecule has 4 nitrogen and oxygen atoms in total. The predicted molar refractivity (Wildman–Crippen MR) is 85.3 cm³/mol. The molecule has 3 aromatic rings. The normalized spacial score (nSPS) is 10.5. The number of carbonyl (C=O) groups excluding carboxylic acids is 1. The summed E-state index contributed by atoms with van der Waals surface area (Å²) in [4.78, 5) is 16.7. The molecule has 21 heavy (non-hydrogen) atoms. The smallest absolute Gasteiger partial charge is 0.257 e. The number of hydrogen-bond donors (Lipinski definition) is 2. The molecule has 1 heterocycles. The van der Waals surface area contributed by atoms with E-state index >= 15 is 0 Å². The number of aryl methyl sites for hydroxylation is 1. The van der Waals surface area contributed by atoms with E-state index in [1.165, 1.54) is 0 Å². The Kier molecular flexibility index (Phi) is 3.28. The van der Waals surface area contributed by atoms with E-state index in [2.05, 4.69) is 10.3 Å². The molecule has 0 fully saturated rings. The lowest BCUT2D eigenvalue weighted by molar-refractivity contribution is 0.102. The van der Waals surface area contributed by atoms with Crippen LogP contribution in [0.5, 0.6) is 0 Å². The lowest BCUT2D eigenvalue weighted by Gasteiger charge is -2.09. The van der Waals surface area contributed by atoms with E-state index in [1.807, 2.05) is 43.3 Å². The number of nitrogens with one attached hydrogen (secondary N) is 1. The van der Waals surface area contributed by atoms with Crippen LogP contribution in [0.2, 0.25) is 0 Å². The van der Waals surface area contributed by atoms with Gasteiger partial charge in [-0.1, -0.05) is 24.3 Å². The first kappa shape index (κ1) is 13.1. The molecule has 1 amide bonds. The molecule has 3 N–H and O–H groups in total. The fourth-order valence-corrected chi connectivity index (χ4v) is 2.20. The molecule has 0 aliphatic rings. The third kappa shape index (κ3) is 2.56. The van der Waals surface area contributed by atoms with Gasteiger partial charge in [0.05, 0.1) is 11.1 Å². The molecular formula is C17H15N3O. The van der Waals surface area contributed by atoms with Crippen molar-refractivity contribution < 1.29 is 4.79 Å². The van der Waals surface area contributed by atoms with Gasteiger partial charge in [0.1, 0.15) is 0 Å². The van der Waals surface area contributed by atoms with Crippen molar-refractivity contribution in [2.75, 3.05) is 11.1 Å². The molecule has 0 bridgehead atoms. The first-order valence-electron chi connectivity index (χ1n) is 6.66. The number of aromatic nitrogens is 1. The molecule has 4 heteroatoms. The van der Waals surface area contributed by atoms with Crippen LogP contribution in [0.1, 0.15) is 15.9 Å². The van der Waals surface area contributed by atoms with Crippen LogP contribution in [0.3, 0.4) is 0 Å². The van der Waals surface area contributed by atoms with Gasteiger partial charge in [-0.05, 0) is 36.8 Å². The Balaban J connectivity index is 1.95. The molecule has 1 aromatic heterocycles. The van der Waals surface area contributed by atoms with Crippen LogP contribution >= 0.6 is 0 Å². The number of nitrogen functional groups attached to an aromatic ring is 1. The first-order valence-corrected chi connectivity index (χ1v) is 6.66. The lowest BCUT2D eigenvalue weighted by Crippen LogP contribution is -2.13. The maximum atomic E-state index is 12.4. The summed E-state index contributed by atoms with van der Waals surface area (Å²) in [5.74, 6) is -0.192. The van der Waals surface area contributed by atoms with Gasteiger partial charge in [-0.25, -0.2) is 0 Å². The molecule has 0 saturated heterocycles. The number of hydrogen-bond acceptors (Lipinski definition) is 3.